The Bertz CT molecular complexity index is 1010. The summed E-state index contributed by atoms with van der Waals surface area (Å²) in [5.41, 5.74) is 2.51. The van der Waals surface area contributed by atoms with Crippen molar-refractivity contribution in [2.75, 3.05) is 4.90 Å². The molecule has 1 amide bonds. The largest absolute Gasteiger partial charge is 0.503 e. The van der Waals surface area contributed by atoms with E-state index >= 15 is 0 Å². The predicted octanol–water partition coefficient (Wildman–Crippen LogP) is 5.54. The zero-order chi connectivity index (χ0) is 19.0. The minimum atomic E-state index is -0.582. The van der Waals surface area contributed by atoms with Crippen molar-refractivity contribution in [3.8, 4) is 0 Å². The molecule has 5 heteroatoms. The Morgan fingerprint density at radius 3 is 2.15 bits per heavy atom. The number of anilines is 1. The summed E-state index contributed by atoms with van der Waals surface area (Å²) in [7, 11) is 0. The van der Waals surface area contributed by atoms with Crippen molar-refractivity contribution in [1.82, 2.24) is 0 Å². The van der Waals surface area contributed by atoms with E-state index in [1.165, 1.54) is 17.0 Å². The average Bonchev–Trinajstić information content (AvgIpc) is 2.95. The van der Waals surface area contributed by atoms with Crippen LogP contribution in [0.2, 0.25) is 5.02 Å². The van der Waals surface area contributed by atoms with Crippen LogP contribution >= 0.6 is 11.6 Å². The highest BCUT2D eigenvalue weighted by Crippen LogP contribution is 2.45. The van der Waals surface area contributed by atoms with Gasteiger partial charge in [-0.2, -0.15) is 0 Å². The van der Waals surface area contributed by atoms with Crippen LogP contribution in [0.15, 0.2) is 84.6 Å². The van der Waals surface area contributed by atoms with Crippen LogP contribution in [0.3, 0.4) is 0 Å². The quantitative estimate of drug-likeness (QED) is 0.649. The lowest BCUT2D eigenvalue weighted by molar-refractivity contribution is -0.117. The van der Waals surface area contributed by atoms with E-state index in [0.717, 1.165) is 5.56 Å². The Kier molecular flexibility index (Phi) is 4.42. The molecule has 0 unspecified atom stereocenters. The fourth-order valence-corrected chi connectivity index (χ4v) is 3.47. The number of carbonyl (C=O) groups is 1. The van der Waals surface area contributed by atoms with Crippen LogP contribution in [0.1, 0.15) is 17.2 Å². The first-order valence-corrected chi connectivity index (χ1v) is 8.77. The highest BCUT2D eigenvalue weighted by Gasteiger charge is 2.41. The molecule has 4 rings (SSSR count). The van der Waals surface area contributed by atoms with Gasteiger partial charge in [0.1, 0.15) is 5.82 Å². The molecule has 3 aromatic rings. The van der Waals surface area contributed by atoms with Gasteiger partial charge in [-0.3, -0.25) is 9.69 Å². The van der Waals surface area contributed by atoms with E-state index in [0.29, 0.717) is 21.8 Å². The van der Waals surface area contributed by atoms with E-state index < -0.39 is 11.9 Å². The molecule has 0 fully saturated rings. The second-order valence-corrected chi connectivity index (χ2v) is 6.67. The number of rotatable bonds is 3. The standard InChI is InChI=1S/C22H15ClFNO2/c23-16-8-12-18(13-9-16)25-20(15-6-10-17(24)11-7-15)19(21(26)22(25)27)14-4-2-1-3-5-14/h1-13,20,26H/t20-/m1/s1. The van der Waals surface area contributed by atoms with Crippen molar-refractivity contribution < 1.29 is 14.3 Å². The SMILES string of the molecule is O=C1C(O)=C(c2ccccc2)[C@@H](c2ccc(F)cc2)N1c1ccc(Cl)cc1. The minimum absolute atomic E-state index is 0.314. The number of halogens is 2. The second kappa shape index (κ2) is 6.89. The van der Waals surface area contributed by atoms with Gasteiger partial charge in [0.05, 0.1) is 6.04 Å². The van der Waals surface area contributed by atoms with Gasteiger partial charge in [0.15, 0.2) is 5.76 Å². The van der Waals surface area contributed by atoms with Gasteiger partial charge in [0, 0.05) is 16.3 Å². The van der Waals surface area contributed by atoms with Crippen LogP contribution in [0.25, 0.3) is 5.57 Å². The summed E-state index contributed by atoms with van der Waals surface area (Å²) in [5.74, 6) is -1.19. The molecular formula is C22H15ClFNO2. The van der Waals surface area contributed by atoms with Gasteiger partial charge in [-0.05, 0) is 47.5 Å². The minimum Gasteiger partial charge on any atom is -0.503 e. The van der Waals surface area contributed by atoms with Crippen molar-refractivity contribution >= 4 is 28.8 Å². The Morgan fingerprint density at radius 1 is 0.889 bits per heavy atom. The number of amides is 1. The molecule has 1 atom stereocenters. The Balaban J connectivity index is 1.90. The number of hydrogen-bond donors (Lipinski definition) is 1. The molecule has 0 aromatic heterocycles. The number of hydrogen-bond acceptors (Lipinski definition) is 2. The number of nitrogens with zero attached hydrogens (tertiary/aromatic N) is 1. The highest BCUT2D eigenvalue weighted by atomic mass is 35.5. The molecule has 134 valence electrons. The van der Waals surface area contributed by atoms with Crippen molar-refractivity contribution in [2.45, 2.75) is 6.04 Å². The van der Waals surface area contributed by atoms with Gasteiger partial charge < -0.3 is 5.11 Å². The smallest absolute Gasteiger partial charge is 0.294 e. The summed E-state index contributed by atoms with van der Waals surface area (Å²) < 4.78 is 13.5. The molecule has 0 aliphatic carbocycles. The summed E-state index contributed by atoms with van der Waals surface area (Å²) in [5, 5.41) is 11.2. The summed E-state index contributed by atoms with van der Waals surface area (Å²) in [4.78, 5) is 14.4. The number of carbonyl (C=O) groups excluding carboxylic acids is 1. The van der Waals surface area contributed by atoms with Crippen molar-refractivity contribution in [3.63, 3.8) is 0 Å². The van der Waals surface area contributed by atoms with E-state index in [1.54, 1.807) is 36.4 Å². The van der Waals surface area contributed by atoms with Gasteiger partial charge >= 0.3 is 0 Å². The summed E-state index contributed by atoms with van der Waals surface area (Å²) in [6, 6.07) is 21.4. The third kappa shape index (κ3) is 3.09. The molecule has 0 spiro atoms. The van der Waals surface area contributed by atoms with Gasteiger partial charge in [-0.15, -0.1) is 0 Å². The number of aliphatic hydroxyl groups excluding tert-OH is 1. The zero-order valence-electron chi connectivity index (χ0n) is 14.1. The summed E-state index contributed by atoms with van der Waals surface area (Å²) >= 11 is 5.97. The topological polar surface area (TPSA) is 40.5 Å². The van der Waals surface area contributed by atoms with Gasteiger partial charge in [0.25, 0.3) is 5.91 Å². The molecule has 0 saturated carbocycles. The van der Waals surface area contributed by atoms with Crippen molar-refractivity contribution in [3.05, 3.63) is 107 Å². The fourth-order valence-electron chi connectivity index (χ4n) is 3.35. The maximum absolute atomic E-state index is 13.5. The maximum atomic E-state index is 13.5. The molecule has 0 radical (unpaired) electrons. The average molecular weight is 380 g/mol. The van der Waals surface area contributed by atoms with Crippen LogP contribution in [0, 0.1) is 5.82 Å². The molecule has 1 N–H and O–H groups in total. The molecule has 1 aliphatic rings. The van der Waals surface area contributed by atoms with Gasteiger partial charge in [-0.25, -0.2) is 4.39 Å². The third-order valence-electron chi connectivity index (χ3n) is 4.58. The van der Waals surface area contributed by atoms with E-state index in [2.05, 4.69) is 0 Å². The lowest BCUT2D eigenvalue weighted by Gasteiger charge is -2.27. The third-order valence-corrected chi connectivity index (χ3v) is 4.84. The number of benzene rings is 3. The molecule has 1 heterocycles. The lowest BCUT2D eigenvalue weighted by atomic mass is 9.93. The van der Waals surface area contributed by atoms with Gasteiger partial charge in [-0.1, -0.05) is 54.1 Å². The first-order chi connectivity index (χ1) is 13.1. The normalized spacial score (nSPS) is 16.9. The Morgan fingerprint density at radius 2 is 1.52 bits per heavy atom. The van der Waals surface area contributed by atoms with Crippen LogP contribution in [0.5, 0.6) is 0 Å². The van der Waals surface area contributed by atoms with Gasteiger partial charge in [0.2, 0.25) is 0 Å². The molecule has 1 aliphatic heterocycles. The van der Waals surface area contributed by atoms with E-state index in [9.17, 15) is 14.3 Å². The Hall–Kier alpha value is -3.11. The summed E-state index contributed by atoms with van der Waals surface area (Å²) in [6.45, 7) is 0. The summed E-state index contributed by atoms with van der Waals surface area (Å²) in [6.07, 6.45) is 0. The zero-order valence-corrected chi connectivity index (χ0v) is 14.9. The molecule has 27 heavy (non-hydrogen) atoms. The van der Waals surface area contributed by atoms with E-state index in [4.69, 9.17) is 11.6 Å². The first kappa shape index (κ1) is 17.3. The van der Waals surface area contributed by atoms with Crippen LogP contribution in [-0.4, -0.2) is 11.0 Å². The van der Waals surface area contributed by atoms with Crippen molar-refractivity contribution in [2.24, 2.45) is 0 Å². The first-order valence-electron chi connectivity index (χ1n) is 8.39. The molecule has 3 aromatic carbocycles. The van der Waals surface area contributed by atoms with Crippen molar-refractivity contribution in [1.29, 1.82) is 0 Å². The Labute approximate surface area is 160 Å². The second-order valence-electron chi connectivity index (χ2n) is 6.23. The van der Waals surface area contributed by atoms with Crippen LogP contribution < -0.4 is 4.90 Å². The predicted molar refractivity (Wildman–Crippen MR) is 104 cm³/mol. The van der Waals surface area contributed by atoms with E-state index in [-0.39, 0.29) is 11.6 Å². The maximum Gasteiger partial charge on any atom is 0.294 e. The monoisotopic (exact) mass is 379 g/mol. The molecule has 0 bridgehead atoms. The van der Waals surface area contributed by atoms with Crippen LogP contribution in [0.4, 0.5) is 10.1 Å². The van der Waals surface area contributed by atoms with Crippen LogP contribution in [-0.2, 0) is 4.79 Å². The molecule has 0 saturated heterocycles. The lowest BCUT2D eigenvalue weighted by Crippen LogP contribution is -2.30. The number of aliphatic hydroxyl groups is 1. The molecule has 3 nitrogen and oxygen atoms in total. The highest BCUT2D eigenvalue weighted by molar-refractivity contribution is 6.30. The fraction of sp³-hybridized carbons (Fsp3) is 0.0455. The van der Waals surface area contributed by atoms with E-state index in [1.807, 2.05) is 30.3 Å². The molecular weight excluding hydrogens is 365 g/mol.